The number of nitrogens with one attached hydrogen (secondary N) is 1. The zero-order valence-corrected chi connectivity index (χ0v) is 13.5. The zero-order chi connectivity index (χ0) is 15.7. The second kappa shape index (κ2) is 5.79. The first-order valence-corrected chi connectivity index (χ1v) is 7.53. The predicted octanol–water partition coefficient (Wildman–Crippen LogP) is 4.01. The summed E-state index contributed by atoms with van der Waals surface area (Å²) in [4.78, 5) is 12.0. The molecule has 0 aliphatic heterocycles. The number of benzene rings is 1. The molecule has 2 heterocycles. The lowest BCUT2D eigenvalue weighted by atomic mass is 9.87. The van der Waals surface area contributed by atoms with Crippen molar-refractivity contribution in [2.45, 2.75) is 40.0 Å². The highest BCUT2D eigenvalue weighted by atomic mass is 16.4. The van der Waals surface area contributed by atoms with E-state index in [4.69, 9.17) is 4.42 Å². The maximum absolute atomic E-state index is 5.59. The number of hydrogen-bond acceptors (Lipinski definition) is 3. The lowest BCUT2D eigenvalue weighted by molar-refractivity contribution is 0.492. The third kappa shape index (κ3) is 2.69. The number of aryl methyl sites for hydroxylation is 3. The van der Waals surface area contributed by atoms with Crippen molar-refractivity contribution in [2.75, 3.05) is 0 Å². The second-order valence-corrected chi connectivity index (χ2v) is 5.79. The van der Waals surface area contributed by atoms with Gasteiger partial charge in [-0.3, -0.25) is 0 Å². The minimum absolute atomic E-state index is 0.200. The van der Waals surface area contributed by atoms with Crippen LogP contribution in [-0.4, -0.2) is 15.0 Å². The minimum atomic E-state index is 0.200. The Labute approximate surface area is 130 Å². The summed E-state index contributed by atoms with van der Waals surface area (Å²) in [5.74, 6) is 1.81. The van der Waals surface area contributed by atoms with Crippen LogP contribution < -0.4 is 0 Å². The SMILES string of the molecule is Cc1nc(C[C@@H](c2cnc[nH]2)c2cccc(C)c2C)c(C)o1. The number of imidazole rings is 1. The minimum Gasteiger partial charge on any atom is -0.446 e. The molecule has 0 aliphatic carbocycles. The van der Waals surface area contributed by atoms with E-state index in [0.29, 0.717) is 0 Å². The van der Waals surface area contributed by atoms with Crippen LogP contribution in [0.25, 0.3) is 0 Å². The molecule has 0 spiro atoms. The van der Waals surface area contributed by atoms with Gasteiger partial charge >= 0.3 is 0 Å². The summed E-state index contributed by atoms with van der Waals surface area (Å²) in [6.07, 6.45) is 4.43. The van der Waals surface area contributed by atoms with Crippen LogP contribution in [0.5, 0.6) is 0 Å². The molecule has 4 nitrogen and oxygen atoms in total. The molecule has 3 rings (SSSR count). The highest BCUT2D eigenvalue weighted by molar-refractivity contribution is 5.40. The lowest BCUT2D eigenvalue weighted by Crippen LogP contribution is -2.09. The van der Waals surface area contributed by atoms with Crippen LogP contribution in [0, 0.1) is 27.7 Å². The lowest BCUT2D eigenvalue weighted by Gasteiger charge is -2.19. The highest BCUT2D eigenvalue weighted by Crippen LogP contribution is 2.31. The fourth-order valence-corrected chi connectivity index (χ4v) is 2.95. The maximum Gasteiger partial charge on any atom is 0.191 e. The third-order valence-electron chi connectivity index (χ3n) is 4.31. The number of aromatic nitrogens is 3. The van der Waals surface area contributed by atoms with Crippen LogP contribution >= 0.6 is 0 Å². The summed E-state index contributed by atoms with van der Waals surface area (Å²) in [5.41, 5.74) is 6.05. The molecule has 0 radical (unpaired) electrons. The molecule has 1 atom stereocenters. The molecule has 1 aromatic carbocycles. The van der Waals surface area contributed by atoms with E-state index in [-0.39, 0.29) is 5.92 Å². The molecular weight excluding hydrogens is 274 g/mol. The van der Waals surface area contributed by atoms with Crippen LogP contribution in [0.3, 0.4) is 0 Å². The van der Waals surface area contributed by atoms with Crippen molar-refractivity contribution in [3.8, 4) is 0 Å². The zero-order valence-electron chi connectivity index (χ0n) is 13.5. The quantitative estimate of drug-likeness (QED) is 0.791. The molecule has 0 aliphatic rings. The molecule has 0 saturated heterocycles. The average Bonchev–Trinajstić information content (AvgIpc) is 3.10. The van der Waals surface area contributed by atoms with E-state index in [1.54, 1.807) is 6.33 Å². The fraction of sp³-hybridized carbons (Fsp3) is 0.333. The molecule has 22 heavy (non-hydrogen) atoms. The Kier molecular flexibility index (Phi) is 3.84. The van der Waals surface area contributed by atoms with Crippen molar-refractivity contribution >= 4 is 0 Å². The Morgan fingerprint density at radius 2 is 2.00 bits per heavy atom. The first-order valence-electron chi connectivity index (χ1n) is 7.53. The monoisotopic (exact) mass is 295 g/mol. The van der Waals surface area contributed by atoms with Gasteiger partial charge in [0, 0.05) is 31.2 Å². The summed E-state index contributed by atoms with van der Waals surface area (Å²) in [6.45, 7) is 8.19. The van der Waals surface area contributed by atoms with Gasteiger partial charge in [0.15, 0.2) is 5.89 Å². The maximum atomic E-state index is 5.59. The standard InChI is InChI=1S/C18H21N3O/c1-11-6-5-7-15(12(11)2)16(18-9-19-10-20-18)8-17-13(3)22-14(4)21-17/h5-7,9-10,16H,8H2,1-4H3,(H,19,20)/t16-/m1/s1. The fourth-order valence-electron chi connectivity index (χ4n) is 2.95. The predicted molar refractivity (Wildman–Crippen MR) is 86.0 cm³/mol. The molecule has 3 aromatic rings. The Morgan fingerprint density at radius 3 is 2.64 bits per heavy atom. The Balaban J connectivity index is 2.05. The summed E-state index contributed by atoms with van der Waals surface area (Å²) >= 11 is 0. The largest absolute Gasteiger partial charge is 0.446 e. The number of oxazole rings is 1. The summed E-state index contributed by atoms with van der Waals surface area (Å²) in [7, 11) is 0. The van der Waals surface area contributed by atoms with Gasteiger partial charge in [0.05, 0.1) is 12.0 Å². The highest BCUT2D eigenvalue weighted by Gasteiger charge is 2.21. The van der Waals surface area contributed by atoms with E-state index in [9.17, 15) is 0 Å². The smallest absolute Gasteiger partial charge is 0.191 e. The molecule has 1 N–H and O–H groups in total. The van der Waals surface area contributed by atoms with Crippen molar-refractivity contribution in [1.82, 2.24) is 15.0 Å². The summed E-state index contributed by atoms with van der Waals surface area (Å²) in [5, 5.41) is 0. The molecule has 114 valence electrons. The van der Waals surface area contributed by atoms with Crippen LogP contribution in [0.2, 0.25) is 0 Å². The van der Waals surface area contributed by atoms with E-state index in [2.05, 4.69) is 47.0 Å². The van der Waals surface area contributed by atoms with Gasteiger partial charge in [0.1, 0.15) is 5.76 Å². The second-order valence-electron chi connectivity index (χ2n) is 5.79. The molecule has 0 bridgehead atoms. The van der Waals surface area contributed by atoms with Crippen molar-refractivity contribution in [2.24, 2.45) is 0 Å². The van der Waals surface area contributed by atoms with E-state index in [1.165, 1.54) is 16.7 Å². The molecule has 0 unspecified atom stereocenters. The van der Waals surface area contributed by atoms with E-state index < -0.39 is 0 Å². The van der Waals surface area contributed by atoms with Crippen molar-refractivity contribution in [3.63, 3.8) is 0 Å². The van der Waals surface area contributed by atoms with E-state index >= 15 is 0 Å². The van der Waals surface area contributed by atoms with Gasteiger partial charge in [-0.2, -0.15) is 0 Å². The molecule has 2 aromatic heterocycles. The van der Waals surface area contributed by atoms with Gasteiger partial charge < -0.3 is 9.40 Å². The van der Waals surface area contributed by atoms with Gasteiger partial charge in [0.2, 0.25) is 0 Å². The number of aromatic amines is 1. The van der Waals surface area contributed by atoms with Gasteiger partial charge in [0.25, 0.3) is 0 Å². The van der Waals surface area contributed by atoms with Crippen LogP contribution in [0.1, 0.15) is 45.6 Å². The number of hydrogen-bond donors (Lipinski definition) is 1. The molecule has 0 fully saturated rings. The Hall–Kier alpha value is -2.36. The summed E-state index contributed by atoms with van der Waals surface area (Å²) < 4.78 is 5.59. The Bertz CT molecular complexity index is 772. The third-order valence-corrected chi connectivity index (χ3v) is 4.31. The van der Waals surface area contributed by atoms with Gasteiger partial charge in [-0.25, -0.2) is 9.97 Å². The first kappa shape index (κ1) is 14.6. The average molecular weight is 295 g/mol. The molecule has 0 amide bonds. The Morgan fingerprint density at radius 1 is 1.18 bits per heavy atom. The molecule has 0 saturated carbocycles. The van der Waals surface area contributed by atoms with Crippen molar-refractivity contribution in [3.05, 3.63) is 70.5 Å². The van der Waals surface area contributed by atoms with E-state index in [1.807, 2.05) is 20.0 Å². The normalized spacial score (nSPS) is 12.5. The first-order chi connectivity index (χ1) is 10.6. The van der Waals surface area contributed by atoms with Crippen molar-refractivity contribution < 1.29 is 4.42 Å². The number of H-pyrrole nitrogens is 1. The van der Waals surface area contributed by atoms with E-state index in [0.717, 1.165) is 29.5 Å². The number of nitrogens with zero attached hydrogens (tertiary/aromatic N) is 2. The molecular formula is C18H21N3O. The summed E-state index contributed by atoms with van der Waals surface area (Å²) in [6, 6.07) is 6.45. The van der Waals surface area contributed by atoms with Gasteiger partial charge in [-0.05, 0) is 37.5 Å². The van der Waals surface area contributed by atoms with Crippen LogP contribution in [0.4, 0.5) is 0 Å². The van der Waals surface area contributed by atoms with Crippen LogP contribution in [-0.2, 0) is 6.42 Å². The number of rotatable bonds is 4. The van der Waals surface area contributed by atoms with Crippen LogP contribution in [0.15, 0.2) is 35.1 Å². The van der Waals surface area contributed by atoms with Gasteiger partial charge in [-0.1, -0.05) is 18.2 Å². The molecule has 4 heteroatoms. The van der Waals surface area contributed by atoms with Gasteiger partial charge in [-0.15, -0.1) is 0 Å². The topological polar surface area (TPSA) is 54.7 Å². The van der Waals surface area contributed by atoms with Crippen molar-refractivity contribution in [1.29, 1.82) is 0 Å².